The predicted octanol–water partition coefficient (Wildman–Crippen LogP) is -2.65. The molecule has 156 valence electrons. The van der Waals surface area contributed by atoms with E-state index in [1.54, 1.807) is 0 Å². The molecule has 4 heterocycles. The molecular weight excluding hydrogens is 360 g/mol. The molecule has 4 aliphatic heterocycles. The zero-order valence-electron chi connectivity index (χ0n) is 16.3. The number of nitrogens with one attached hydrogen (secondary N) is 4. The minimum Gasteiger partial charge on any atom is -0.379 e. The third-order valence-corrected chi connectivity index (χ3v) is 6.42. The van der Waals surface area contributed by atoms with Gasteiger partial charge in [-0.1, -0.05) is 0 Å². The van der Waals surface area contributed by atoms with Gasteiger partial charge in [0.1, 0.15) is 0 Å². The van der Waals surface area contributed by atoms with Crippen molar-refractivity contribution in [3.05, 3.63) is 0 Å². The normalized spacial score (nSPS) is 39.9. The lowest BCUT2D eigenvalue weighted by Crippen LogP contribution is -2.64. The molecule has 0 aliphatic carbocycles. The zero-order valence-corrected chi connectivity index (χ0v) is 16.3. The van der Waals surface area contributed by atoms with Gasteiger partial charge in [-0.2, -0.15) is 5.26 Å². The Kier molecular flexibility index (Phi) is 6.42. The number of hydrogen-bond donors (Lipinski definition) is 5. The third-order valence-electron chi connectivity index (χ3n) is 6.42. The van der Waals surface area contributed by atoms with E-state index in [9.17, 15) is 4.79 Å². The Morgan fingerprint density at radius 2 is 2.14 bits per heavy atom. The van der Waals surface area contributed by atoms with E-state index < -0.39 is 6.17 Å². The quantitative estimate of drug-likeness (QED) is 0.348. The van der Waals surface area contributed by atoms with Crippen molar-refractivity contribution in [3.63, 3.8) is 0 Å². The van der Waals surface area contributed by atoms with Crippen LogP contribution in [0.5, 0.6) is 0 Å². The number of hydrogen-bond acceptors (Lipinski definition) is 9. The number of nitrogens with zero attached hydrogens (tertiary/aromatic N) is 3. The van der Waals surface area contributed by atoms with Crippen LogP contribution < -0.4 is 27.1 Å². The van der Waals surface area contributed by atoms with Crippen molar-refractivity contribution in [2.75, 3.05) is 52.5 Å². The maximum atomic E-state index is 13.2. The summed E-state index contributed by atoms with van der Waals surface area (Å²) >= 11 is 0. The van der Waals surface area contributed by atoms with Crippen molar-refractivity contribution in [2.24, 2.45) is 17.6 Å². The molecule has 4 rings (SSSR count). The van der Waals surface area contributed by atoms with Crippen molar-refractivity contribution in [1.29, 1.82) is 5.26 Å². The van der Waals surface area contributed by atoms with Gasteiger partial charge >= 0.3 is 0 Å². The Bertz CT molecular complexity index is 593. The van der Waals surface area contributed by atoms with E-state index in [2.05, 4.69) is 32.3 Å². The first-order chi connectivity index (χ1) is 13.7. The maximum absolute atomic E-state index is 13.2. The molecule has 4 aliphatic rings. The molecule has 4 fully saturated rings. The number of rotatable bonds is 4. The molecular formula is C18H32N8O2. The lowest BCUT2D eigenvalue weighted by Gasteiger charge is -2.42. The molecule has 6 unspecified atom stereocenters. The van der Waals surface area contributed by atoms with Crippen LogP contribution in [-0.4, -0.2) is 92.7 Å². The molecule has 0 spiro atoms. The van der Waals surface area contributed by atoms with Crippen LogP contribution in [-0.2, 0) is 9.53 Å². The number of amides is 1. The van der Waals surface area contributed by atoms with Gasteiger partial charge in [-0.05, 0) is 18.9 Å². The van der Waals surface area contributed by atoms with Crippen LogP contribution in [0.4, 0.5) is 0 Å². The molecule has 6 atom stereocenters. The summed E-state index contributed by atoms with van der Waals surface area (Å²) in [6.45, 7) is 6.55. The Balaban J connectivity index is 1.39. The van der Waals surface area contributed by atoms with Crippen molar-refractivity contribution >= 4 is 5.91 Å². The smallest absolute Gasteiger partial charge is 0.229 e. The number of nitriles is 1. The number of morpholine rings is 1. The fraction of sp³-hybridized carbons (Fsp3) is 0.889. The van der Waals surface area contributed by atoms with Crippen LogP contribution in [0.2, 0.25) is 0 Å². The number of fused-ring (bicyclic) bond motifs is 1. The van der Waals surface area contributed by atoms with Gasteiger partial charge < -0.3 is 21.1 Å². The Hall–Kier alpha value is -1.32. The number of hydrazine groups is 1. The standard InChI is InChI=1S/C18H32N8O2/c19-3-1-12-9-22-17-15(16(20)24-26(17)11-12)18(27)23-13-10-21-4-2-14(13)25-5-7-28-8-6-25/h12-17,21-22,24H,1-2,4-11,20H2,(H,23,27). The lowest BCUT2D eigenvalue weighted by atomic mass is 9.95. The van der Waals surface area contributed by atoms with Gasteiger partial charge in [0.15, 0.2) is 0 Å². The Morgan fingerprint density at radius 3 is 2.93 bits per heavy atom. The summed E-state index contributed by atoms with van der Waals surface area (Å²) in [5.74, 6) is -0.128. The highest BCUT2D eigenvalue weighted by atomic mass is 16.5. The molecule has 0 aromatic heterocycles. The molecule has 10 nitrogen and oxygen atoms in total. The fourth-order valence-electron chi connectivity index (χ4n) is 4.97. The second-order valence-electron chi connectivity index (χ2n) is 8.24. The van der Waals surface area contributed by atoms with Crippen LogP contribution in [0.1, 0.15) is 12.8 Å². The second kappa shape index (κ2) is 9.00. The van der Waals surface area contributed by atoms with Gasteiger partial charge in [0.05, 0.1) is 43.6 Å². The summed E-state index contributed by atoms with van der Waals surface area (Å²) in [7, 11) is 0. The van der Waals surface area contributed by atoms with Crippen LogP contribution in [0.3, 0.4) is 0 Å². The number of ether oxygens (including phenoxy) is 1. The highest BCUT2D eigenvalue weighted by Gasteiger charge is 2.47. The second-order valence-corrected chi connectivity index (χ2v) is 8.24. The van der Waals surface area contributed by atoms with Gasteiger partial charge in [-0.3, -0.25) is 15.0 Å². The van der Waals surface area contributed by atoms with E-state index in [0.29, 0.717) is 12.5 Å². The molecule has 10 heteroatoms. The summed E-state index contributed by atoms with van der Waals surface area (Å²) in [6.07, 6.45) is 0.947. The fourth-order valence-corrected chi connectivity index (χ4v) is 4.97. The van der Waals surface area contributed by atoms with Crippen molar-refractivity contribution in [2.45, 2.75) is 37.3 Å². The average Bonchev–Trinajstić information content (AvgIpc) is 3.04. The minimum absolute atomic E-state index is 0.00862. The molecule has 4 saturated heterocycles. The van der Waals surface area contributed by atoms with Gasteiger partial charge in [0, 0.05) is 45.2 Å². The lowest BCUT2D eigenvalue weighted by molar-refractivity contribution is -0.128. The predicted molar refractivity (Wildman–Crippen MR) is 102 cm³/mol. The monoisotopic (exact) mass is 392 g/mol. The van der Waals surface area contributed by atoms with E-state index in [1.165, 1.54) is 0 Å². The summed E-state index contributed by atoms with van der Waals surface area (Å²) in [4.78, 5) is 15.6. The first kappa shape index (κ1) is 20.0. The maximum Gasteiger partial charge on any atom is 0.229 e. The van der Waals surface area contributed by atoms with Crippen LogP contribution in [0.25, 0.3) is 0 Å². The molecule has 0 aromatic carbocycles. The van der Waals surface area contributed by atoms with Gasteiger partial charge in [-0.25, -0.2) is 10.4 Å². The SMILES string of the molecule is N#CCC1CNC2C(C(=O)NC3CNCCC3N3CCOCC3)C(N)NN2C1. The Labute approximate surface area is 166 Å². The molecule has 0 radical (unpaired) electrons. The number of carbonyl (C=O) groups excluding carboxylic acids is 1. The molecule has 0 bridgehead atoms. The molecule has 0 aromatic rings. The summed E-state index contributed by atoms with van der Waals surface area (Å²) in [5, 5.41) is 21.1. The van der Waals surface area contributed by atoms with E-state index in [1.807, 2.05) is 5.01 Å². The summed E-state index contributed by atoms with van der Waals surface area (Å²) in [5.41, 5.74) is 9.50. The number of nitrogens with two attached hydrogens (primary N) is 1. The Morgan fingerprint density at radius 1 is 1.32 bits per heavy atom. The molecule has 1 amide bonds. The van der Waals surface area contributed by atoms with E-state index in [4.69, 9.17) is 15.7 Å². The van der Waals surface area contributed by atoms with Crippen molar-refractivity contribution in [3.8, 4) is 6.07 Å². The topological polar surface area (TPSA) is 131 Å². The van der Waals surface area contributed by atoms with E-state index >= 15 is 0 Å². The van der Waals surface area contributed by atoms with Crippen LogP contribution >= 0.6 is 0 Å². The number of carbonyl (C=O) groups is 1. The molecule has 6 N–H and O–H groups in total. The van der Waals surface area contributed by atoms with Crippen LogP contribution in [0, 0.1) is 23.2 Å². The van der Waals surface area contributed by atoms with Gasteiger partial charge in [0.2, 0.25) is 5.91 Å². The van der Waals surface area contributed by atoms with Gasteiger partial charge in [0.25, 0.3) is 0 Å². The zero-order chi connectivity index (χ0) is 19.5. The highest BCUT2D eigenvalue weighted by Crippen LogP contribution is 2.24. The van der Waals surface area contributed by atoms with Crippen molar-refractivity contribution in [1.82, 2.24) is 31.3 Å². The molecule has 0 saturated carbocycles. The largest absolute Gasteiger partial charge is 0.379 e. The highest BCUT2D eigenvalue weighted by molar-refractivity contribution is 5.81. The first-order valence-corrected chi connectivity index (χ1v) is 10.4. The van der Waals surface area contributed by atoms with Crippen molar-refractivity contribution < 1.29 is 9.53 Å². The summed E-state index contributed by atoms with van der Waals surface area (Å²) in [6, 6.07) is 2.62. The number of piperidine rings is 1. The van der Waals surface area contributed by atoms with E-state index in [-0.39, 0.29) is 30.0 Å². The third kappa shape index (κ3) is 4.16. The minimum atomic E-state index is -0.434. The molecule has 28 heavy (non-hydrogen) atoms. The average molecular weight is 393 g/mol. The summed E-state index contributed by atoms with van der Waals surface area (Å²) < 4.78 is 5.48. The van der Waals surface area contributed by atoms with Crippen LogP contribution in [0.15, 0.2) is 0 Å². The van der Waals surface area contributed by atoms with E-state index in [0.717, 1.165) is 58.9 Å². The van der Waals surface area contributed by atoms with Gasteiger partial charge in [-0.15, -0.1) is 0 Å². The first-order valence-electron chi connectivity index (χ1n) is 10.4.